The van der Waals surface area contributed by atoms with Gasteiger partial charge in [-0.15, -0.1) is 5.10 Å². The molecule has 1 aliphatic rings. The Balaban J connectivity index is 1.34. The van der Waals surface area contributed by atoms with Crippen LogP contribution in [0.1, 0.15) is 18.5 Å². The summed E-state index contributed by atoms with van der Waals surface area (Å²) in [6, 6.07) is 16.8. The first kappa shape index (κ1) is 20.7. The molecule has 31 heavy (non-hydrogen) atoms. The molecule has 3 aromatic rings. The summed E-state index contributed by atoms with van der Waals surface area (Å²) in [6.45, 7) is 4.06. The Morgan fingerprint density at radius 3 is 2.71 bits per heavy atom. The van der Waals surface area contributed by atoms with Crippen LogP contribution < -0.4 is 15.8 Å². The SMILES string of the molecule is Cc1ccc(N2CCCC(C(=O)NCCn3nc(-c4ccccc4)ccc3=O)C2)nn1. The molecule has 2 aromatic heterocycles. The van der Waals surface area contributed by atoms with E-state index >= 15 is 0 Å². The highest BCUT2D eigenvalue weighted by molar-refractivity contribution is 5.79. The highest BCUT2D eigenvalue weighted by Crippen LogP contribution is 2.21. The quantitative estimate of drug-likeness (QED) is 0.659. The van der Waals surface area contributed by atoms with Crippen molar-refractivity contribution in [1.29, 1.82) is 0 Å². The number of anilines is 1. The Labute approximate surface area is 180 Å². The van der Waals surface area contributed by atoms with E-state index in [4.69, 9.17) is 0 Å². The number of aryl methyl sites for hydroxylation is 1. The fourth-order valence-electron chi connectivity index (χ4n) is 3.76. The van der Waals surface area contributed by atoms with Crippen LogP contribution in [-0.2, 0) is 11.3 Å². The molecule has 1 N–H and O–H groups in total. The average molecular weight is 419 g/mol. The summed E-state index contributed by atoms with van der Waals surface area (Å²) in [5.41, 5.74) is 2.36. The van der Waals surface area contributed by atoms with Gasteiger partial charge in [-0.3, -0.25) is 9.59 Å². The van der Waals surface area contributed by atoms with Crippen LogP contribution in [0.15, 0.2) is 59.4 Å². The van der Waals surface area contributed by atoms with Crippen LogP contribution in [0.2, 0.25) is 0 Å². The molecule has 1 aromatic carbocycles. The summed E-state index contributed by atoms with van der Waals surface area (Å²) in [5.74, 6) is 0.686. The summed E-state index contributed by atoms with van der Waals surface area (Å²) in [5, 5.41) is 15.8. The predicted molar refractivity (Wildman–Crippen MR) is 119 cm³/mol. The van der Waals surface area contributed by atoms with E-state index in [2.05, 4.69) is 25.5 Å². The third-order valence-corrected chi connectivity index (χ3v) is 5.46. The molecule has 0 bridgehead atoms. The lowest BCUT2D eigenvalue weighted by Gasteiger charge is -2.32. The minimum atomic E-state index is -0.185. The van der Waals surface area contributed by atoms with Crippen LogP contribution in [0.3, 0.4) is 0 Å². The molecule has 0 aliphatic carbocycles. The molecule has 0 saturated carbocycles. The van der Waals surface area contributed by atoms with Crippen LogP contribution in [0, 0.1) is 12.8 Å². The Morgan fingerprint density at radius 1 is 1.10 bits per heavy atom. The van der Waals surface area contributed by atoms with E-state index < -0.39 is 0 Å². The van der Waals surface area contributed by atoms with E-state index in [1.165, 1.54) is 10.7 Å². The van der Waals surface area contributed by atoms with Gasteiger partial charge in [0, 0.05) is 31.3 Å². The van der Waals surface area contributed by atoms with Crippen molar-refractivity contribution in [1.82, 2.24) is 25.3 Å². The predicted octanol–water partition coefficient (Wildman–Crippen LogP) is 2.04. The van der Waals surface area contributed by atoms with Gasteiger partial charge in [0.1, 0.15) is 0 Å². The van der Waals surface area contributed by atoms with Crippen LogP contribution in [0.4, 0.5) is 5.82 Å². The molecule has 1 amide bonds. The number of piperidine rings is 1. The highest BCUT2D eigenvalue weighted by Gasteiger charge is 2.26. The Morgan fingerprint density at radius 2 is 1.94 bits per heavy atom. The van der Waals surface area contributed by atoms with Gasteiger partial charge in [-0.05, 0) is 38.0 Å². The van der Waals surface area contributed by atoms with Crippen molar-refractivity contribution in [2.24, 2.45) is 5.92 Å². The molecular weight excluding hydrogens is 392 g/mol. The van der Waals surface area contributed by atoms with E-state index in [0.717, 1.165) is 42.2 Å². The van der Waals surface area contributed by atoms with Crippen molar-refractivity contribution >= 4 is 11.7 Å². The number of benzene rings is 1. The summed E-state index contributed by atoms with van der Waals surface area (Å²) in [7, 11) is 0. The molecule has 1 atom stereocenters. The average Bonchev–Trinajstić information content (AvgIpc) is 2.81. The van der Waals surface area contributed by atoms with Gasteiger partial charge in [0.15, 0.2) is 5.82 Å². The second-order valence-corrected chi connectivity index (χ2v) is 7.76. The number of carbonyl (C=O) groups excluding carboxylic acids is 1. The number of aromatic nitrogens is 4. The topological polar surface area (TPSA) is 93.0 Å². The highest BCUT2D eigenvalue weighted by atomic mass is 16.2. The number of nitrogens with zero attached hydrogens (tertiary/aromatic N) is 5. The number of nitrogens with one attached hydrogen (secondary N) is 1. The van der Waals surface area contributed by atoms with Gasteiger partial charge in [-0.1, -0.05) is 30.3 Å². The summed E-state index contributed by atoms with van der Waals surface area (Å²) in [4.78, 5) is 27.0. The minimum absolute atomic E-state index is 0.00275. The first-order valence-corrected chi connectivity index (χ1v) is 10.6. The van der Waals surface area contributed by atoms with Gasteiger partial charge in [-0.2, -0.15) is 10.2 Å². The summed E-state index contributed by atoms with van der Waals surface area (Å²) < 4.78 is 1.40. The van der Waals surface area contributed by atoms with Gasteiger partial charge in [0.05, 0.1) is 23.9 Å². The maximum atomic E-state index is 12.7. The fourth-order valence-corrected chi connectivity index (χ4v) is 3.76. The Bertz CT molecular complexity index is 1080. The number of hydrogen-bond donors (Lipinski definition) is 1. The van der Waals surface area contributed by atoms with Crippen molar-refractivity contribution < 1.29 is 4.79 Å². The maximum Gasteiger partial charge on any atom is 0.266 e. The molecule has 8 nitrogen and oxygen atoms in total. The summed E-state index contributed by atoms with van der Waals surface area (Å²) >= 11 is 0. The molecule has 4 rings (SSSR count). The number of amides is 1. The molecule has 0 radical (unpaired) electrons. The molecule has 0 spiro atoms. The van der Waals surface area contributed by atoms with Crippen LogP contribution in [0.25, 0.3) is 11.3 Å². The normalized spacial score (nSPS) is 16.2. The van der Waals surface area contributed by atoms with E-state index in [1.54, 1.807) is 6.07 Å². The number of carbonyl (C=O) groups is 1. The summed E-state index contributed by atoms with van der Waals surface area (Å²) in [6.07, 6.45) is 1.76. The van der Waals surface area contributed by atoms with E-state index in [-0.39, 0.29) is 17.4 Å². The second kappa shape index (κ2) is 9.51. The zero-order valence-corrected chi connectivity index (χ0v) is 17.6. The van der Waals surface area contributed by atoms with E-state index in [9.17, 15) is 9.59 Å². The van der Waals surface area contributed by atoms with Crippen LogP contribution in [0.5, 0.6) is 0 Å². The number of rotatable bonds is 6. The third kappa shape index (κ3) is 5.14. The Hall–Kier alpha value is -3.55. The maximum absolute atomic E-state index is 12.7. The molecular formula is C23H26N6O2. The van der Waals surface area contributed by atoms with Gasteiger partial charge in [0.25, 0.3) is 5.56 Å². The lowest BCUT2D eigenvalue weighted by molar-refractivity contribution is -0.125. The van der Waals surface area contributed by atoms with Crippen molar-refractivity contribution in [2.45, 2.75) is 26.3 Å². The van der Waals surface area contributed by atoms with E-state index in [1.807, 2.05) is 49.4 Å². The lowest BCUT2D eigenvalue weighted by atomic mass is 9.97. The zero-order valence-electron chi connectivity index (χ0n) is 17.6. The fraction of sp³-hybridized carbons (Fsp3) is 0.348. The second-order valence-electron chi connectivity index (χ2n) is 7.76. The zero-order chi connectivity index (χ0) is 21.6. The molecule has 160 valence electrons. The molecule has 8 heteroatoms. The minimum Gasteiger partial charge on any atom is -0.354 e. The first-order chi connectivity index (χ1) is 15.1. The van der Waals surface area contributed by atoms with Gasteiger partial charge >= 0.3 is 0 Å². The third-order valence-electron chi connectivity index (χ3n) is 5.46. The monoisotopic (exact) mass is 418 g/mol. The van der Waals surface area contributed by atoms with Crippen LogP contribution in [-0.4, -0.2) is 45.5 Å². The van der Waals surface area contributed by atoms with Crippen molar-refractivity contribution in [3.05, 3.63) is 70.6 Å². The number of hydrogen-bond acceptors (Lipinski definition) is 6. The standard InChI is InChI=1S/C23H26N6O2/c1-17-9-11-21(26-25-17)28-14-5-8-19(16-28)23(31)24-13-15-29-22(30)12-10-20(27-29)18-6-3-2-4-7-18/h2-4,6-7,9-12,19H,5,8,13-16H2,1H3,(H,24,31). The van der Waals surface area contributed by atoms with Crippen molar-refractivity contribution in [2.75, 3.05) is 24.5 Å². The van der Waals surface area contributed by atoms with Crippen molar-refractivity contribution in [3.63, 3.8) is 0 Å². The molecule has 1 saturated heterocycles. The molecule has 1 unspecified atom stereocenters. The molecule has 1 fully saturated rings. The van der Waals surface area contributed by atoms with Gasteiger partial charge in [0.2, 0.25) is 5.91 Å². The van der Waals surface area contributed by atoms with Gasteiger partial charge < -0.3 is 10.2 Å². The molecule has 3 heterocycles. The largest absolute Gasteiger partial charge is 0.354 e. The Kier molecular flexibility index (Phi) is 6.35. The lowest BCUT2D eigenvalue weighted by Crippen LogP contribution is -2.44. The smallest absolute Gasteiger partial charge is 0.266 e. The van der Waals surface area contributed by atoms with Gasteiger partial charge in [-0.25, -0.2) is 4.68 Å². The van der Waals surface area contributed by atoms with Crippen molar-refractivity contribution in [3.8, 4) is 11.3 Å². The van der Waals surface area contributed by atoms with Crippen LogP contribution >= 0.6 is 0 Å². The van der Waals surface area contributed by atoms with E-state index in [0.29, 0.717) is 19.6 Å². The molecule has 1 aliphatic heterocycles. The first-order valence-electron chi connectivity index (χ1n) is 10.6.